The van der Waals surface area contributed by atoms with Gasteiger partial charge in [-0.3, -0.25) is 9.78 Å². The van der Waals surface area contributed by atoms with Crippen molar-refractivity contribution >= 4 is 24.2 Å². The summed E-state index contributed by atoms with van der Waals surface area (Å²) in [4.78, 5) is 17.8. The van der Waals surface area contributed by atoms with E-state index in [1.165, 1.54) is 0 Å². The van der Waals surface area contributed by atoms with Crippen molar-refractivity contribution in [1.82, 2.24) is 4.98 Å². The van der Waals surface area contributed by atoms with Crippen molar-refractivity contribution in [2.75, 3.05) is 11.9 Å². The largest absolute Gasteiger partial charge is 0.310 e. The predicted octanol–water partition coefficient (Wildman–Crippen LogP) is 2.79. The molecule has 1 aromatic carbocycles. The third-order valence-corrected chi connectivity index (χ3v) is 3.09. The third-order valence-electron chi connectivity index (χ3n) is 2.72. The minimum absolute atomic E-state index is 0.0475. The van der Waals surface area contributed by atoms with Gasteiger partial charge in [0.2, 0.25) is 0 Å². The Kier molecular flexibility index (Phi) is 3.99. The lowest BCUT2D eigenvalue weighted by Gasteiger charge is -2.16. The van der Waals surface area contributed by atoms with Crippen LogP contribution in [0.4, 0.5) is 5.69 Å². The number of hydrogen-bond donors (Lipinski definition) is 1. The van der Waals surface area contributed by atoms with Crippen molar-refractivity contribution in [3.05, 3.63) is 59.9 Å². The molecule has 0 saturated heterocycles. The standard InChI is InChI=1S/C14H14N2OS/c1-16(13-3-2-8-15-9-13)14(17)12-6-4-11(10-18)5-7-12/h2-9,18H,10H2,1H3. The second-order valence-electron chi connectivity index (χ2n) is 3.93. The van der Waals surface area contributed by atoms with Gasteiger partial charge < -0.3 is 4.90 Å². The highest BCUT2D eigenvalue weighted by atomic mass is 32.1. The van der Waals surface area contributed by atoms with E-state index in [0.29, 0.717) is 11.3 Å². The fourth-order valence-electron chi connectivity index (χ4n) is 1.62. The summed E-state index contributed by atoms with van der Waals surface area (Å²) < 4.78 is 0. The molecule has 0 aliphatic heterocycles. The maximum atomic E-state index is 12.2. The molecule has 0 unspecified atom stereocenters. The Labute approximate surface area is 112 Å². The van der Waals surface area contributed by atoms with Gasteiger partial charge in [0.25, 0.3) is 5.91 Å². The molecule has 0 aliphatic carbocycles. The Bertz CT molecular complexity index is 525. The quantitative estimate of drug-likeness (QED) is 0.859. The molecule has 0 saturated carbocycles. The molecule has 2 rings (SSSR count). The van der Waals surface area contributed by atoms with Crippen LogP contribution in [0.5, 0.6) is 0 Å². The number of aromatic nitrogens is 1. The molecule has 0 atom stereocenters. The third kappa shape index (κ3) is 2.71. The van der Waals surface area contributed by atoms with Crippen LogP contribution in [0.25, 0.3) is 0 Å². The minimum Gasteiger partial charge on any atom is -0.310 e. The average molecular weight is 258 g/mol. The highest BCUT2D eigenvalue weighted by Gasteiger charge is 2.12. The minimum atomic E-state index is -0.0475. The molecule has 1 heterocycles. The van der Waals surface area contributed by atoms with Crippen molar-refractivity contribution < 1.29 is 4.79 Å². The van der Waals surface area contributed by atoms with Crippen LogP contribution in [0.2, 0.25) is 0 Å². The summed E-state index contributed by atoms with van der Waals surface area (Å²) in [6.45, 7) is 0. The molecule has 0 bridgehead atoms. The number of amides is 1. The number of pyridine rings is 1. The summed E-state index contributed by atoms with van der Waals surface area (Å²) in [7, 11) is 1.74. The zero-order valence-electron chi connectivity index (χ0n) is 10.1. The number of nitrogens with zero attached hydrogens (tertiary/aromatic N) is 2. The summed E-state index contributed by atoms with van der Waals surface area (Å²) in [5.41, 5.74) is 2.53. The predicted molar refractivity (Wildman–Crippen MR) is 76.1 cm³/mol. The van der Waals surface area contributed by atoms with E-state index < -0.39 is 0 Å². The monoisotopic (exact) mass is 258 g/mol. The van der Waals surface area contributed by atoms with Crippen LogP contribution in [0.15, 0.2) is 48.8 Å². The molecule has 2 aromatic rings. The van der Waals surface area contributed by atoms with E-state index in [2.05, 4.69) is 17.6 Å². The van der Waals surface area contributed by atoms with Crippen LogP contribution in [-0.4, -0.2) is 17.9 Å². The van der Waals surface area contributed by atoms with Gasteiger partial charge in [-0.05, 0) is 29.8 Å². The molecule has 18 heavy (non-hydrogen) atoms. The van der Waals surface area contributed by atoms with Crippen LogP contribution in [0.3, 0.4) is 0 Å². The highest BCUT2D eigenvalue weighted by molar-refractivity contribution is 7.79. The Balaban J connectivity index is 2.20. The van der Waals surface area contributed by atoms with Gasteiger partial charge in [0.15, 0.2) is 0 Å². The van der Waals surface area contributed by atoms with E-state index >= 15 is 0 Å². The van der Waals surface area contributed by atoms with Gasteiger partial charge in [-0.2, -0.15) is 12.6 Å². The summed E-state index contributed by atoms with van der Waals surface area (Å²) in [6, 6.07) is 11.1. The fourth-order valence-corrected chi connectivity index (χ4v) is 1.83. The topological polar surface area (TPSA) is 33.2 Å². The Morgan fingerprint density at radius 1 is 1.28 bits per heavy atom. The molecule has 0 N–H and O–H groups in total. The molecule has 0 radical (unpaired) electrons. The molecule has 92 valence electrons. The SMILES string of the molecule is CN(C(=O)c1ccc(CS)cc1)c1cccnc1. The summed E-state index contributed by atoms with van der Waals surface area (Å²) in [6.07, 6.45) is 3.35. The lowest BCUT2D eigenvalue weighted by Crippen LogP contribution is -2.26. The highest BCUT2D eigenvalue weighted by Crippen LogP contribution is 2.14. The van der Waals surface area contributed by atoms with Gasteiger partial charge in [-0.25, -0.2) is 0 Å². The van der Waals surface area contributed by atoms with E-state index in [9.17, 15) is 4.79 Å². The molecular formula is C14H14N2OS. The van der Waals surface area contributed by atoms with Gasteiger partial charge in [0.05, 0.1) is 11.9 Å². The average Bonchev–Trinajstić information content (AvgIpc) is 2.47. The summed E-state index contributed by atoms with van der Waals surface area (Å²) in [5, 5.41) is 0. The lowest BCUT2D eigenvalue weighted by atomic mass is 10.1. The molecule has 0 aliphatic rings. The van der Waals surface area contributed by atoms with Crippen molar-refractivity contribution in [2.24, 2.45) is 0 Å². The van der Waals surface area contributed by atoms with Gasteiger partial charge in [-0.15, -0.1) is 0 Å². The Morgan fingerprint density at radius 2 is 2.00 bits per heavy atom. The van der Waals surface area contributed by atoms with Crippen LogP contribution in [-0.2, 0) is 5.75 Å². The molecule has 1 amide bonds. The first kappa shape index (κ1) is 12.6. The number of hydrogen-bond acceptors (Lipinski definition) is 3. The number of benzene rings is 1. The Morgan fingerprint density at radius 3 is 2.56 bits per heavy atom. The van der Waals surface area contributed by atoms with Crippen molar-refractivity contribution in [3.63, 3.8) is 0 Å². The van der Waals surface area contributed by atoms with Crippen molar-refractivity contribution in [2.45, 2.75) is 5.75 Å². The second kappa shape index (κ2) is 5.69. The van der Waals surface area contributed by atoms with Crippen LogP contribution in [0, 0.1) is 0 Å². The zero-order chi connectivity index (χ0) is 13.0. The van der Waals surface area contributed by atoms with Gasteiger partial charge in [-0.1, -0.05) is 12.1 Å². The van der Waals surface area contributed by atoms with E-state index in [0.717, 1.165) is 11.3 Å². The molecule has 3 nitrogen and oxygen atoms in total. The van der Waals surface area contributed by atoms with Crippen LogP contribution < -0.4 is 4.90 Å². The van der Waals surface area contributed by atoms with Crippen molar-refractivity contribution in [1.29, 1.82) is 0 Å². The van der Waals surface area contributed by atoms with Crippen molar-refractivity contribution in [3.8, 4) is 0 Å². The van der Waals surface area contributed by atoms with E-state index in [1.807, 2.05) is 36.4 Å². The summed E-state index contributed by atoms with van der Waals surface area (Å²) >= 11 is 4.19. The molecule has 0 fully saturated rings. The maximum absolute atomic E-state index is 12.2. The molecular weight excluding hydrogens is 244 g/mol. The first-order valence-electron chi connectivity index (χ1n) is 5.60. The van der Waals surface area contributed by atoms with Gasteiger partial charge >= 0.3 is 0 Å². The second-order valence-corrected chi connectivity index (χ2v) is 4.25. The van der Waals surface area contributed by atoms with E-state index in [4.69, 9.17) is 0 Å². The van der Waals surface area contributed by atoms with E-state index in [1.54, 1.807) is 24.3 Å². The number of carbonyl (C=O) groups is 1. The molecule has 1 aromatic heterocycles. The number of anilines is 1. The normalized spacial score (nSPS) is 10.1. The first-order valence-corrected chi connectivity index (χ1v) is 6.23. The number of thiol groups is 1. The molecule has 4 heteroatoms. The number of carbonyl (C=O) groups excluding carboxylic acids is 1. The van der Waals surface area contributed by atoms with E-state index in [-0.39, 0.29) is 5.91 Å². The summed E-state index contributed by atoms with van der Waals surface area (Å²) in [5.74, 6) is 0.626. The maximum Gasteiger partial charge on any atom is 0.258 e. The molecule has 0 spiro atoms. The Hall–Kier alpha value is -1.81. The first-order chi connectivity index (χ1) is 8.72. The van der Waals surface area contributed by atoms with Crippen LogP contribution >= 0.6 is 12.6 Å². The zero-order valence-corrected chi connectivity index (χ0v) is 11.0. The fraction of sp³-hybridized carbons (Fsp3) is 0.143. The lowest BCUT2D eigenvalue weighted by molar-refractivity contribution is 0.0993. The van der Waals surface area contributed by atoms with Gasteiger partial charge in [0.1, 0.15) is 0 Å². The van der Waals surface area contributed by atoms with Gasteiger partial charge in [0, 0.05) is 24.6 Å². The smallest absolute Gasteiger partial charge is 0.258 e. The van der Waals surface area contributed by atoms with Crippen LogP contribution in [0.1, 0.15) is 15.9 Å². The number of rotatable bonds is 3.